The molecule has 1 atom stereocenters. The van der Waals surface area contributed by atoms with Gasteiger partial charge in [0.1, 0.15) is 0 Å². The van der Waals surface area contributed by atoms with E-state index in [0.717, 1.165) is 29.5 Å². The van der Waals surface area contributed by atoms with Crippen molar-refractivity contribution in [2.45, 2.75) is 19.8 Å². The minimum absolute atomic E-state index is 0.720. The zero-order valence-corrected chi connectivity index (χ0v) is 10.4. The number of aryl methyl sites for hydroxylation is 1. The Kier molecular flexibility index (Phi) is 2.59. The van der Waals surface area contributed by atoms with Gasteiger partial charge in [-0.3, -0.25) is 0 Å². The van der Waals surface area contributed by atoms with Crippen molar-refractivity contribution in [1.29, 1.82) is 0 Å². The highest BCUT2D eigenvalue weighted by Crippen LogP contribution is 2.18. The minimum atomic E-state index is 0.720. The smallest absolute Gasteiger partial charge is 0.155 e. The van der Waals surface area contributed by atoms with Crippen molar-refractivity contribution in [1.82, 2.24) is 19.5 Å². The molecule has 0 N–H and O–H groups in total. The first-order valence-corrected chi connectivity index (χ1v) is 6.22. The fourth-order valence-electron chi connectivity index (χ4n) is 2.62. The number of likely N-dealkylation sites (tertiary alicyclic amines) is 1. The van der Waals surface area contributed by atoms with Gasteiger partial charge in [-0.05, 0) is 45.0 Å². The van der Waals surface area contributed by atoms with Gasteiger partial charge in [0.2, 0.25) is 0 Å². The third-order valence-corrected chi connectivity index (χ3v) is 3.55. The predicted molar refractivity (Wildman–Crippen MR) is 67.0 cm³/mol. The van der Waals surface area contributed by atoms with Gasteiger partial charge in [0.15, 0.2) is 11.5 Å². The van der Waals surface area contributed by atoms with E-state index in [9.17, 15) is 0 Å². The lowest BCUT2D eigenvalue weighted by Crippen LogP contribution is -2.15. The van der Waals surface area contributed by atoms with Crippen LogP contribution in [-0.4, -0.2) is 39.6 Å². The molecule has 17 heavy (non-hydrogen) atoms. The molecule has 0 aromatic carbocycles. The van der Waals surface area contributed by atoms with Crippen LogP contribution < -0.4 is 0 Å². The zero-order chi connectivity index (χ0) is 11.8. The molecule has 4 nitrogen and oxygen atoms in total. The molecule has 0 radical (unpaired) electrons. The molecule has 4 heteroatoms. The van der Waals surface area contributed by atoms with Crippen LogP contribution in [0, 0.1) is 12.8 Å². The van der Waals surface area contributed by atoms with Gasteiger partial charge in [-0.1, -0.05) is 6.07 Å². The van der Waals surface area contributed by atoms with Crippen LogP contribution in [-0.2, 0) is 6.42 Å². The van der Waals surface area contributed by atoms with Crippen LogP contribution in [0.5, 0.6) is 0 Å². The van der Waals surface area contributed by atoms with Gasteiger partial charge in [0.05, 0.1) is 0 Å². The summed E-state index contributed by atoms with van der Waals surface area (Å²) >= 11 is 0. The predicted octanol–water partition coefficient (Wildman–Crippen LogP) is 1.53. The number of nitrogens with zero attached hydrogens (tertiary/aromatic N) is 4. The molecule has 3 rings (SSSR count). The molecule has 0 aliphatic carbocycles. The van der Waals surface area contributed by atoms with Gasteiger partial charge in [0, 0.05) is 18.7 Å². The molecule has 2 aromatic rings. The zero-order valence-electron chi connectivity index (χ0n) is 10.4. The maximum Gasteiger partial charge on any atom is 0.155 e. The molecule has 0 spiro atoms. The fourth-order valence-corrected chi connectivity index (χ4v) is 2.62. The Morgan fingerprint density at radius 3 is 3.00 bits per heavy atom. The quantitative estimate of drug-likeness (QED) is 0.784. The van der Waals surface area contributed by atoms with Crippen LogP contribution in [0.4, 0.5) is 0 Å². The van der Waals surface area contributed by atoms with Crippen LogP contribution >= 0.6 is 0 Å². The van der Waals surface area contributed by atoms with Crippen LogP contribution in [0.15, 0.2) is 18.2 Å². The van der Waals surface area contributed by atoms with Gasteiger partial charge < -0.3 is 4.90 Å². The fraction of sp³-hybridized carbons (Fsp3) is 0.538. The molecule has 1 fully saturated rings. The second-order valence-electron chi connectivity index (χ2n) is 5.09. The summed E-state index contributed by atoms with van der Waals surface area (Å²) in [5, 5.41) is 4.59. The van der Waals surface area contributed by atoms with E-state index in [0.29, 0.717) is 0 Å². The second kappa shape index (κ2) is 4.11. The van der Waals surface area contributed by atoms with E-state index < -0.39 is 0 Å². The van der Waals surface area contributed by atoms with Crippen molar-refractivity contribution in [3.8, 4) is 0 Å². The maximum atomic E-state index is 4.60. The molecule has 0 bridgehead atoms. The number of fused-ring (bicyclic) bond motifs is 1. The highest BCUT2D eigenvalue weighted by atomic mass is 15.3. The van der Waals surface area contributed by atoms with Crippen LogP contribution in [0.3, 0.4) is 0 Å². The molecule has 2 aromatic heterocycles. The van der Waals surface area contributed by atoms with Gasteiger partial charge in [-0.15, -0.1) is 0 Å². The van der Waals surface area contributed by atoms with Crippen LogP contribution in [0.2, 0.25) is 0 Å². The lowest BCUT2D eigenvalue weighted by Gasteiger charge is -2.07. The Bertz CT molecular complexity index is 531. The Balaban J connectivity index is 1.84. The summed E-state index contributed by atoms with van der Waals surface area (Å²) in [6, 6.07) is 6.12. The summed E-state index contributed by atoms with van der Waals surface area (Å²) in [7, 11) is 2.18. The molecule has 3 heterocycles. The van der Waals surface area contributed by atoms with E-state index in [1.807, 2.05) is 16.6 Å². The molecule has 0 amide bonds. The molecule has 1 unspecified atom stereocenters. The van der Waals surface area contributed by atoms with Gasteiger partial charge in [-0.2, -0.15) is 5.10 Å². The molecule has 1 aliphatic heterocycles. The van der Waals surface area contributed by atoms with E-state index in [1.54, 1.807) is 0 Å². The number of hydrogen-bond acceptors (Lipinski definition) is 3. The Morgan fingerprint density at radius 2 is 2.29 bits per heavy atom. The summed E-state index contributed by atoms with van der Waals surface area (Å²) in [4.78, 5) is 6.98. The number of aromatic nitrogens is 3. The van der Waals surface area contributed by atoms with E-state index >= 15 is 0 Å². The average molecular weight is 230 g/mol. The summed E-state index contributed by atoms with van der Waals surface area (Å²) in [6.07, 6.45) is 2.27. The van der Waals surface area contributed by atoms with Crippen molar-refractivity contribution >= 4 is 5.65 Å². The van der Waals surface area contributed by atoms with Gasteiger partial charge in [-0.25, -0.2) is 9.50 Å². The standard InChI is InChI=1S/C13H18N4/c1-10-4-3-5-13-14-12(15-17(10)13)8-11-6-7-16(2)9-11/h3-5,11H,6-9H2,1-2H3. The highest BCUT2D eigenvalue weighted by Gasteiger charge is 2.21. The summed E-state index contributed by atoms with van der Waals surface area (Å²) < 4.78 is 1.94. The van der Waals surface area contributed by atoms with E-state index in [1.165, 1.54) is 19.5 Å². The molecule has 90 valence electrons. The first kappa shape index (κ1) is 10.7. The third-order valence-electron chi connectivity index (χ3n) is 3.55. The van der Waals surface area contributed by atoms with Crippen molar-refractivity contribution in [3.05, 3.63) is 29.7 Å². The summed E-state index contributed by atoms with van der Waals surface area (Å²) in [5.74, 6) is 1.71. The first-order chi connectivity index (χ1) is 8.22. The van der Waals surface area contributed by atoms with Crippen molar-refractivity contribution < 1.29 is 0 Å². The monoisotopic (exact) mass is 230 g/mol. The third kappa shape index (κ3) is 2.05. The lowest BCUT2D eigenvalue weighted by molar-refractivity contribution is 0.392. The van der Waals surface area contributed by atoms with Gasteiger partial charge in [0.25, 0.3) is 0 Å². The Labute approximate surface area is 101 Å². The highest BCUT2D eigenvalue weighted by molar-refractivity contribution is 5.38. The van der Waals surface area contributed by atoms with Crippen molar-refractivity contribution in [2.75, 3.05) is 20.1 Å². The number of pyridine rings is 1. The maximum absolute atomic E-state index is 4.60. The SMILES string of the molecule is Cc1cccc2nc(CC3CCN(C)C3)nn12. The molecular formula is C13H18N4. The summed E-state index contributed by atoms with van der Waals surface area (Å²) in [5.41, 5.74) is 2.11. The molecule has 1 aliphatic rings. The van der Waals surface area contributed by atoms with E-state index in [4.69, 9.17) is 0 Å². The first-order valence-electron chi connectivity index (χ1n) is 6.22. The second-order valence-corrected chi connectivity index (χ2v) is 5.09. The van der Waals surface area contributed by atoms with E-state index in [2.05, 4.69) is 35.0 Å². The largest absolute Gasteiger partial charge is 0.306 e. The van der Waals surface area contributed by atoms with Crippen molar-refractivity contribution in [3.63, 3.8) is 0 Å². The normalized spacial score (nSPS) is 21.4. The lowest BCUT2D eigenvalue weighted by atomic mass is 10.1. The van der Waals surface area contributed by atoms with Crippen LogP contribution in [0.25, 0.3) is 5.65 Å². The Morgan fingerprint density at radius 1 is 1.41 bits per heavy atom. The number of hydrogen-bond donors (Lipinski definition) is 0. The van der Waals surface area contributed by atoms with Crippen molar-refractivity contribution in [2.24, 2.45) is 5.92 Å². The van der Waals surface area contributed by atoms with Crippen LogP contribution in [0.1, 0.15) is 17.9 Å². The molecule has 1 saturated heterocycles. The average Bonchev–Trinajstić information content (AvgIpc) is 2.86. The van der Waals surface area contributed by atoms with Gasteiger partial charge >= 0.3 is 0 Å². The minimum Gasteiger partial charge on any atom is -0.306 e. The summed E-state index contributed by atoms with van der Waals surface area (Å²) in [6.45, 7) is 4.44. The Hall–Kier alpha value is -1.42. The number of rotatable bonds is 2. The van der Waals surface area contributed by atoms with E-state index in [-0.39, 0.29) is 0 Å². The molecular weight excluding hydrogens is 212 g/mol. The topological polar surface area (TPSA) is 33.4 Å². The molecule has 0 saturated carbocycles.